The van der Waals surface area contributed by atoms with Crippen molar-refractivity contribution in [3.05, 3.63) is 35.7 Å². The second kappa shape index (κ2) is 6.36. The van der Waals surface area contributed by atoms with Crippen LogP contribution in [-0.2, 0) is 6.42 Å². The molecule has 0 saturated heterocycles. The lowest BCUT2D eigenvalue weighted by Gasteiger charge is -2.11. The molecule has 0 unspecified atom stereocenters. The third-order valence-corrected chi connectivity index (χ3v) is 3.62. The summed E-state index contributed by atoms with van der Waals surface area (Å²) in [6, 6.07) is 3.95. The van der Waals surface area contributed by atoms with Crippen LogP contribution in [0, 0.1) is 0 Å². The Hall–Kier alpha value is -2.44. The molecule has 1 N–H and O–H groups in total. The largest absolute Gasteiger partial charge is 0.369 e. The molecule has 0 saturated carbocycles. The quantitative estimate of drug-likeness (QED) is 0.753. The predicted molar refractivity (Wildman–Crippen MR) is 87.7 cm³/mol. The molecule has 7 heteroatoms. The Morgan fingerprint density at radius 2 is 2.00 bits per heavy atom. The lowest BCUT2D eigenvalue weighted by Crippen LogP contribution is -2.11. The molecule has 0 aromatic carbocycles. The van der Waals surface area contributed by atoms with Crippen LogP contribution in [0.5, 0.6) is 0 Å². The van der Waals surface area contributed by atoms with Crippen LogP contribution >= 0.6 is 0 Å². The van der Waals surface area contributed by atoms with Gasteiger partial charge in [0.25, 0.3) is 0 Å². The highest BCUT2D eigenvalue weighted by molar-refractivity contribution is 5.49. The maximum absolute atomic E-state index is 5.26. The summed E-state index contributed by atoms with van der Waals surface area (Å²) in [7, 11) is 0. The summed E-state index contributed by atoms with van der Waals surface area (Å²) in [5.41, 5.74) is 1.89. The summed E-state index contributed by atoms with van der Waals surface area (Å²) in [6.45, 7) is 9.05. The molecule has 3 aromatic rings. The van der Waals surface area contributed by atoms with Crippen molar-refractivity contribution in [3.8, 4) is 0 Å². The average molecular weight is 314 g/mol. The predicted octanol–water partition coefficient (Wildman–Crippen LogP) is 3.01. The monoisotopic (exact) mass is 314 g/mol. The molecule has 0 bridgehead atoms. The second-order valence-corrected chi connectivity index (χ2v) is 6.20. The third-order valence-electron chi connectivity index (χ3n) is 3.62. The summed E-state index contributed by atoms with van der Waals surface area (Å²) >= 11 is 0. The zero-order chi connectivity index (χ0) is 16.4. The minimum absolute atomic E-state index is 0.276. The Morgan fingerprint density at radius 1 is 1.17 bits per heavy atom. The van der Waals surface area contributed by atoms with Gasteiger partial charge in [0, 0.05) is 36.7 Å². The normalized spacial score (nSPS) is 11.7. The van der Waals surface area contributed by atoms with E-state index in [9.17, 15) is 0 Å². The SMILES string of the molecule is CC(C)c1cc(NCCc2nc(C(C)C)no2)n2nccc2n1. The van der Waals surface area contributed by atoms with Gasteiger partial charge >= 0.3 is 0 Å². The minimum Gasteiger partial charge on any atom is -0.369 e. The lowest BCUT2D eigenvalue weighted by molar-refractivity contribution is 0.373. The van der Waals surface area contributed by atoms with E-state index >= 15 is 0 Å². The van der Waals surface area contributed by atoms with Gasteiger partial charge in [0.15, 0.2) is 11.5 Å². The second-order valence-electron chi connectivity index (χ2n) is 6.20. The number of anilines is 1. The average Bonchev–Trinajstić information content (AvgIpc) is 3.15. The van der Waals surface area contributed by atoms with E-state index in [4.69, 9.17) is 4.52 Å². The van der Waals surface area contributed by atoms with Crippen LogP contribution < -0.4 is 5.32 Å². The van der Waals surface area contributed by atoms with E-state index in [0.717, 1.165) is 23.0 Å². The molecule has 23 heavy (non-hydrogen) atoms. The molecule has 0 aliphatic heterocycles. The first kappa shape index (κ1) is 15.5. The first-order chi connectivity index (χ1) is 11.0. The molecule has 3 heterocycles. The zero-order valence-corrected chi connectivity index (χ0v) is 13.9. The van der Waals surface area contributed by atoms with Crippen molar-refractivity contribution >= 4 is 11.5 Å². The van der Waals surface area contributed by atoms with Crippen molar-refractivity contribution in [2.45, 2.75) is 46.0 Å². The number of fused-ring (bicyclic) bond motifs is 1. The number of nitrogens with one attached hydrogen (secondary N) is 1. The Morgan fingerprint density at radius 3 is 2.70 bits per heavy atom. The number of aromatic nitrogens is 5. The van der Waals surface area contributed by atoms with E-state index < -0.39 is 0 Å². The van der Waals surface area contributed by atoms with Crippen molar-refractivity contribution in [1.29, 1.82) is 0 Å². The van der Waals surface area contributed by atoms with Crippen LogP contribution in [0.1, 0.15) is 56.9 Å². The number of rotatable bonds is 6. The highest BCUT2D eigenvalue weighted by Crippen LogP contribution is 2.18. The molecule has 3 rings (SSSR count). The fraction of sp³-hybridized carbons (Fsp3) is 0.500. The molecule has 0 aliphatic carbocycles. The molecule has 122 valence electrons. The van der Waals surface area contributed by atoms with E-state index in [-0.39, 0.29) is 5.92 Å². The highest BCUT2D eigenvalue weighted by Gasteiger charge is 2.11. The number of nitrogens with zero attached hydrogens (tertiary/aromatic N) is 5. The van der Waals surface area contributed by atoms with Crippen LogP contribution in [-0.4, -0.2) is 31.3 Å². The van der Waals surface area contributed by atoms with Gasteiger partial charge in [-0.15, -0.1) is 0 Å². The van der Waals surface area contributed by atoms with E-state index in [1.54, 1.807) is 10.7 Å². The first-order valence-corrected chi connectivity index (χ1v) is 7.95. The lowest BCUT2D eigenvalue weighted by atomic mass is 10.1. The van der Waals surface area contributed by atoms with Gasteiger partial charge < -0.3 is 9.84 Å². The zero-order valence-electron chi connectivity index (χ0n) is 13.9. The molecule has 0 atom stereocenters. The van der Waals surface area contributed by atoms with Crippen LogP contribution in [0.25, 0.3) is 5.65 Å². The summed E-state index contributed by atoms with van der Waals surface area (Å²) in [5.74, 6) is 2.96. The summed E-state index contributed by atoms with van der Waals surface area (Å²) in [6.07, 6.45) is 2.42. The van der Waals surface area contributed by atoms with E-state index in [2.05, 4.69) is 39.4 Å². The van der Waals surface area contributed by atoms with Crippen molar-refractivity contribution in [3.63, 3.8) is 0 Å². The van der Waals surface area contributed by atoms with Crippen molar-refractivity contribution in [1.82, 2.24) is 24.7 Å². The summed E-state index contributed by atoms with van der Waals surface area (Å²) < 4.78 is 7.07. The smallest absolute Gasteiger partial charge is 0.228 e. The van der Waals surface area contributed by atoms with Gasteiger partial charge in [0.05, 0.1) is 6.20 Å². The maximum atomic E-state index is 5.26. The molecule has 0 amide bonds. The van der Waals surface area contributed by atoms with Gasteiger partial charge in [-0.3, -0.25) is 0 Å². The molecule has 0 spiro atoms. The third kappa shape index (κ3) is 3.33. The fourth-order valence-corrected chi connectivity index (χ4v) is 2.26. The standard InChI is InChI=1S/C16H22N6O/c1-10(2)12-9-14(22-13(19-12)5-8-18-22)17-7-6-15-20-16(11(3)4)21-23-15/h5,8-11,17H,6-7H2,1-4H3. The maximum Gasteiger partial charge on any atom is 0.228 e. The summed E-state index contributed by atoms with van der Waals surface area (Å²) in [4.78, 5) is 8.99. The topological polar surface area (TPSA) is 81.1 Å². The van der Waals surface area contributed by atoms with Gasteiger partial charge in [-0.05, 0) is 5.92 Å². The molecule has 7 nitrogen and oxygen atoms in total. The van der Waals surface area contributed by atoms with E-state index in [0.29, 0.717) is 24.8 Å². The van der Waals surface area contributed by atoms with Crippen molar-refractivity contribution in [2.24, 2.45) is 0 Å². The molecule has 0 radical (unpaired) electrons. The van der Waals surface area contributed by atoms with E-state index in [1.807, 2.05) is 26.0 Å². The number of hydrogen-bond acceptors (Lipinski definition) is 6. The summed E-state index contributed by atoms with van der Waals surface area (Å²) in [5, 5.41) is 11.7. The Kier molecular flexibility index (Phi) is 4.27. The Labute approximate surface area is 135 Å². The molecule has 0 fully saturated rings. The minimum atomic E-state index is 0.276. The highest BCUT2D eigenvalue weighted by atomic mass is 16.5. The van der Waals surface area contributed by atoms with Crippen LogP contribution in [0.3, 0.4) is 0 Å². The molecular formula is C16H22N6O. The van der Waals surface area contributed by atoms with Gasteiger partial charge in [-0.25, -0.2) is 4.98 Å². The van der Waals surface area contributed by atoms with Gasteiger partial charge in [0.2, 0.25) is 5.89 Å². The van der Waals surface area contributed by atoms with Gasteiger partial charge in [-0.2, -0.15) is 14.6 Å². The fourth-order valence-electron chi connectivity index (χ4n) is 2.26. The molecule has 3 aromatic heterocycles. The first-order valence-electron chi connectivity index (χ1n) is 7.95. The van der Waals surface area contributed by atoms with Crippen LogP contribution in [0.2, 0.25) is 0 Å². The molecular weight excluding hydrogens is 292 g/mol. The van der Waals surface area contributed by atoms with Crippen LogP contribution in [0.4, 0.5) is 5.82 Å². The van der Waals surface area contributed by atoms with E-state index in [1.165, 1.54) is 0 Å². The van der Waals surface area contributed by atoms with Crippen molar-refractivity contribution < 1.29 is 4.52 Å². The Balaban J connectivity index is 1.72. The van der Waals surface area contributed by atoms with Gasteiger partial charge in [-0.1, -0.05) is 32.9 Å². The molecule has 0 aliphatic rings. The van der Waals surface area contributed by atoms with Crippen LogP contribution in [0.15, 0.2) is 22.9 Å². The van der Waals surface area contributed by atoms with Crippen molar-refractivity contribution in [2.75, 3.05) is 11.9 Å². The Bertz CT molecular complexity index is 789. The number of hydrogen-bond donors (Lipinski definition) is 1. The van der Waals surface area contributed by atoms with Gasteiger partial charge in [0.1, 0.15) is 5.82 Å².